The lowest BCUT2D eigenvalue weighted by Crippen LogP contribution is -2.46. The summed E-state index contributed by atoms with van der Waals surface area (Å²) in [7, 11) is 3.23. The van der Waals surface area contributed by atoms with Gasteiger partial charge in [0.1, 0.15) is 17.1 Å². The van der Waals surface area contributed by atoms with E-state index in [4.69, 9.17) is 26.1 Å². The zero-order valence-electron chi connectivity index (χ0n) is 20.5. The van der Waals surface area contributed by atoms with Crippen molar-refractivity contribution in [2.75, 3.05) is 19.5 Å². The average molecular weight is 504 g/mol. The van der Waals surface area contributed by atoms with Crippen LogP contribution in [0.4, 0.5) is 5.69 Å². The molecule has 2 fully saturated rings. The smallest absolute Gasteiger partial charge is 0.141 e. The molecule has 0 radical (unpaired) electrons. The van der Waals surface area contributed by atoms with E-state index in [2.05, 4.69) is 45.7 Å². The molecule has 8 heteroatoms. The van der Waals surface area contributed by atoms with Crippen molar-refractivity contribution in [3.05, 3.63) is 71.8 Å². The molecule has 0 aliphatic carbocycles. The van der Waals surface area contributed by atoms with Gasteiger partial charge in [-0.05, 0) is 55.5 Å². The molecule has 6 rings (SSSR count). The zero-order chi connectivity index (χ0) is 24.6. The van der Waals surface area contributed by atoms with E-state index in [1.165, 1.54) is 18.4 Å². The van der Waals surface area contributed by atoms with Crippen LogP contribution in [0.5, 0.6) is 11.5 Å². The van der Waals surface area contributed by atoms with Gasteiger partial charge in [-0.15, -0.1) is 0 Å². The minimum absolute atomic E-state index is 0.466. The molecule has 3 aromatic heterocycles. The third-order valence-corrected chi connectivity index (χ3v) is 7.88. The standard InChI is InChI=1S/C28H30ClN5O2/c1-35-26-15-27(36-2)24(29)14-23(26)25-17-33-10-7-19(13-28(33)32-25)31-20-11-21-3-4-22(12-20)34(21)16-18-5-8-30-9-6-18/h5-10,13-15,17,20-22,31H,3-4,11-12,16H2,1-2H3/t20-,21+,22-. The van der Waals surface area contributed by atoms with Crippen LogP contribution in [0.3, 0.4) is 0 Å². The van der Waals surface area contributed by atoms with Crippen LogP contribution in [-0.4, -0.2) is 51.6 Å². The van der Waals surface area contributed by atoms with Crippen LogP contribution in [-0.2, 0) is 6.54 Å². The van der Waals surface area contributed by atoms with Crippen molar-refractivity contribution in [2.45, 2.75) is 50.4 Å². The summed E-state index contributed by atoms with van der Waals surface area (Å²) in [5, 5.41) is 4.33. The number of rotatable bonds is 7. The first-order chi connectivity index (χ1) is 17.6. The lowest BCUT2D eigenvalue weighted by molar-refractivity contribution is 0.124. The Bertz CT molecular complexity index is 1360. The monoisotopic (exact) mass is 503 g/mol. The number of benzene rings is 1. The lowest BCUT2D eigenvalue weighted by atomic mass is 9.96. The van der Waals surface area contributed by atoms with E-state index in [0.717, 1.165) is 42.0 Å². The van der Waals surface area contributed by atoms with Gasteiger partial charge in [-0.3, -0.25) is 9.88 Å². The molecule has 186 valence electrons. The minimum Gasteiger partial charge on any atom is -0.496 e. The SMILES string of the molecule is COc1cc(OC)c(-c2cn3ccc(N[C@H]4C[C@H]5CC[C@@H](C4)N5Cc4ccncc4)cc3n2)cc1Cl. The molecule has 1 N–H and O–H groups in total. The Morgan fingerprint density at radius 3 is 2.47 bits per heavy atom. The van der Waals surface area contributed by atoms with Crippen molar-refractivity contribution in [3.8, 4) is 22.8 Å². The number of methoxy groups -OCH3 is 2. The van der Waals surface area contributed by atoms with Gasteiger partial charge in [0.2, 0.25) is 0 Å². The molecule has 0 unspecified atom stereocenters. The maximum Gasteiger partial charge on any atom is 0.141 e. The maximum atomic E-state index is 6.39. The van der Waals surface area contributed by atoms with Crippen LogP contribution in [0.15, 0.2) is 61.2 Å². The number of imidazole rings is 1. The number of piperidine rings is 1. The van der Waals surface area contributed by atoms with Crippen molar-refractivity contribution in [1.29, 1.82) is 0 Å². The predicted octanol–water partition coefficient (Wildman–Crippen LogP) is 5.67. The van der Waals surface area contributed by atoms with Crippen molar-refractivity contribution in [3.63, 3.8) is 0 Å². The topological polar surface area (TPSA) is 63.9 Å². The van der Waals surface area contributed by atoms with Crippen LogP contribution in [0.25, 0.3) is 16.9 Å². The van der Waals surface area contributed by atoms with Gasteiger partial charge >= 0.3 is 0 Å². The zero-order valence-corrected chi connectivity index (χ0v) is 21.3. The van der Waals surface area contributed by atoms with Crippen LogP contribution < -0.4 is 14.8 Å². The number of halogens is 1. The lowest BCUT2D eigenvalue weighted by Gasteiger charge is -2.39. The van der Waals surface area contributed by atoms with E-state index in [1.807, 2.05) is 29.1 Å². The second kappa shape index (κ2) is 9.64. The minimum atomic E-state index is 0.466. The van der Waals surface area contributed by atoms with Gasteiger partial charge in [0.05, 0.1) is 24.9 Å². The number of fused-ring (bicyclic) bond motifs is 3. The van der Waals surface area contributed by atoms with Gasteiger partial charge in [0.15, 0.2) is 0 Å². The average Bonchev–Trinajstić information content (AvgIpc) is 3.41. The van der Waals surface area contributed by atoms with Crippen molar-refractivity contribution >= 4 is 22.9 Å². The maximum absolute atomic E-state index is 6.39. The Labute approximate surface area is 216 Å². The quantitative estimate of drug-likeness (QED) is 0.350. The van der Waals surface area contributed by atoms with Crippen LogP contribution in [0.1, 0.15) is 31.2 Å². The van der Waals surface area contributed by atoms with Crippen molar-refractivity contribution in [2.24, 2.45) is 0 Å². The number of nitrogens with one attached hydrogen (secondary N) is 1. The molecule has 2 bridgehead atoms. The van der Waals surface area contributed by atoms with Gasteiger partial charge in [0, 0.05) is 72.8 Å². The van der Waals surface area contributed by atoms with E-state index in [9.17, 15) is 0 Å². The van der Waals surface area contributed by atoms with Crippen molar-refractivity contribution in [1.82, 2.24) is 19.3 Å². The number of hydrogen-bond acceptors (Lipinski definition) is 6. The predicted molar refractivity (Wildman–Crippen MR) is 142 cm³/mol. The number of aromatic nitrogens is 3. The first-order valence-corrected chi connectivity index (χ1v) is 12.8. The molecule has 3 atom stereocenters. The van der Waals surface area contributed by atoms with Crippen LogP contribution in [0.2, 0.25) is 5.02 Å². The van der Waals surface area contributed by atoms with Gasteiger partial charge in [-0.2, -0.15) is 0 Å². The van der Waals surface area contributed by atoms with Crippen molar-refractivity contribution < 1.29 is 9.47 Å². The highest BCUT2D eigenvalue weighted by atomic mass is 35.5. The molecule has 2 saturated heterocycles. The molecule has 0 spiro atoms. The summed E-state index contributed by atoms with van der Waals surface area (Å²) in [6.45, 7) is 1.02. The van der Waals surface area contributed by atoms with Crippen LogP contribution >= 0.6 is 11.6 Å². The van der Waals surface area contributed by atoms with Gasteiger partial charge < -0.3 is 19.2 Å². The summed E-state index contributed by atoms with van der Waals surface area (Å²) in [6.07, 6.45) is 12.7. The Morgan fingerprint density at radius 1 is 1.00 bits per heavy atom. The van der Waals surface area contributed by atoms with Gasteiger partial charge in [0.25, 0.3) is 0 Å². The first-order valence-electron chi connectivity index (χ1n) is 12.4. The third-order valence-electron chi connectivity index (χ3n) is 7.58. The Hall–Kier alpha value is -3.29. The molecule has 1 aromatic carbocycles. The largest absolute Gasteiger partial charge is 0.496 e. The summed E-state index contributed by atoms with van der Waals surface area (Å²) in [5.41, 5.74) is 4.97. The highest BCUT2D eigenvalue weighted by Crippen LogP contribution is 2.39. The number of anilines is 1. The van der Waals surface area contributed by atoms with E-state index in [-0.39, 0.29) is 0 Å². The summed E-state index contributed by atoms with van der Waals surface area (Å²) in [6, 6.07) is 13.9. The molecule has 0 saturated carbocycles. The molecule has 5 heterocycles. The fraction of sp³-hybridized carbons (Fsp3) is 0.357. The van der Waals surface area contributed by atoms with E-state index in [0.29, 0.717) is 34.6 Å². The molecule has 2 aliphatic rings. The van der Waals surface area contributed by atoms with Gasteiger partial charge in [-0.1, -0.05) is 11.6 Å². The number of nitrogens with zero attached hydrogens (tertiary/aromatic N) is 4. The van der Waals surface area contributed by atoms with E-state index < -0.39 is 0 Å². The summed E-state index contributed by atoms with van der Waals surface area (Å²) < 4.78 is 12.9. The molecular weight excluding hydrogens is 474 g/mol. The Balaban J connectivity index is 1.18. The molecule has 36 heavy (non-hydrogen) atoms. The molecule has 4 aromatic rings. The molecule has 7 nitrogen and oxygen atoms in total. The molecule has 2 aliphatic heterocycles. The number of hydrogen-bond donors (Lipinski definition) is 1. The number of ether oxygens (including phenoxy) is 2. The fourth-order valence-corrected chi connectivity index (χ4v) is 6.09. The Kier molecular flexibility index (Phi) is 6.19. The van der Waals surface area contributed by atoms with Gasteiger partial charge in [-0.25, -0.2) is 4.98 Å². The fourth-order valence-electron chi connectivity index (χ4n) is 5.85. The highest BCUT2D eigenvalue weighted by molar-refractivity contribution is 6.32. The van der Waals surface area contributed by atoms with E-state index in [1.54, 1.807) is 20.3 Å². The number of pyridine rings is 2. The molecular formula is C28H30ClN5O2. The highest BCUT2D eigenvalue weighted by Gasteiger charge is 2.40. The second-order valence-corrected chi connectivity index (χ2v) is 10.1. The Morgan fingerprint density at radius 2 is 1.75 bits per heavy atom. The summed E-state index contributed by atoms with van der Waals surface area (Å²) in [5.74, 6) is 1.25. The first kappa shape index (κ1) is 23.1. The normalized spacial score (nSPS) is 21.6. The summed E-state index contributed by atoms with van der Waals surface area (Å²) in [4.78, 5) is 11.7. The summed E-state index contributed by atoms with van der Waals surface area (Å²) >= 11 is 6.39. The van der Waals surface area contributed by atoms with E-state index >= 15 is 0 Å². The molecule has 0 amide bonds. The van der Waals surface area contributed by atoms with Crippen LogP contribution in [0, 0.1) is 0 Å². The third kappa shape index (κ3) is 4.38. The second-order valence-electron chi connectivity index (χ2n) is 9.72.